The van der Waals surface area contributed by atoms with Crippen molar-refractivity contribution >= 4 is 15.8 Å². The summed E-state index contributed by atoms with van der Waals surface area (Å²) in [6.07, 6.45) is 0.225. The topological polar surface area (TPSA) is 60.4 Å². The molecule has 4 nitrogen and oxygen atoms in total. The number of hydrogen-bond acceptors (Lipinski definition) is 4. The number of sulfone groups is 1. The molecule has 0 aliphatic carbocycles. The molecule has 2 rings (SSSR count). The number of benzene rings is 2. The molecule has 1 atom stereocenters. The van der Waals surface area contributed by atoms with E-state index in [1.54, 1.807) is 0 Å². The van der Waals surface area contributed by atoms with E-state index in [-0.39, 0.29) is 16.9 Å². The van der Waals surface area contributed by atoms with E-state index in [1.165, 1.54) is 37.3 Å². The first-order valence-corrected chi connectivity index (χ1v) is 9.14. The molecular formula is C17H16F2O4S. The molecule has 0 heterocycles. The molecule has 0 radical (unpaired) electrons. The Balaban J connectivity index is 2.09. The van der Waals surface area contributed by atoms with Crippen LogP contribution in [-0.2, 0) is 20.3 Å². The molecule has 0 N–H and O–H groups in total. The first-order valence-electron chi connectivity index (χ1n) is 7.08. The maximum absolute atomic E-state index is 13.7. The zero-order valence-corrected chi connectivity index (χ0v) is 13.9. The van der Waals surface area contributed by atoms with Crippen LogP contribution in [0.15, 0.2) is 42.5 Å². The second-order valence-corrected chi connectivity index (χ2v) is 7.62. The Labute approximate surface area is 139 Å². The van der Waals surface area contributed by atoms with Gasteiger partial charge >= 0.3 is 5.97 Å². The fraction of sp³-hybridized carbons (Fsp3) is 0.235. The van der Waals surface area contributed by atoms with E-state index >= 15 is 0 Å². The van der Waals surface area contributed by atoms with Crippen LogP contribution in [0.5, 0.6) is 0 Å². The quantitative estimate of drug-likeness (QED) is 0.772. The number of halogens is 2. The van der Waals surface area contributed by atoms with E-state index < -0.39 is 33.5 Å². The normalized spacial score (nSPS) is 12.7. The van der Waals surface area contributed by atoms with Crippen LogP contribution in [0.1, 0.15) is 34.5 Å². The van der Waals surface area contributed by atoms with Crippen molar-refractivity contribution in [1.29, 1.82) is 0 Å². The smallest absolute Gasteiger partial charge is 0.338 e. The molecule has 0 aliphatic rings. The van der Waals surface area contributed by atoms with Gasteiger partial charge in [-0.15, -0.1) is 0 Å². The first kappa shape index (κ1) is 18.1. The largest absolute Gasteiger partial charge is 0.454 e. The van der Waals surface area contributed by atoms with Gasteiger partial charge < -0.3 is 4.74 Å². The Morgan fingerprint density at radius 3 is 2.29 bits per heavy atom. The molecule has 2 aromatic carbocycles. The Hall–Kier alpha value is -2.28. The van der Waals surface area contributed by atoms with Gasteiger partial charge in [-0.3, -0.25) is 0 Å². The zero-order chi connectivity index (χ0) is 17.9. The van der Waals surface area contributed by atoms with Crippen molar-refractivity contribution < 1.29 is 26.7 Å². The van der Waals surface area contributed by atoms with Gasteiger partial charge in [0.2, 0.25) is 0 Å². The van der Waals surface area contributed by atoms with Gasteiger partial charge in [0.05, 0.1) is 11.3 Å². The minimum Gasteiger partial charge on any atom is -0.454 e. The molecule has 0 aromatic heterocycles. The summed E-state index contributed by atoms with van der Waals surface area (Å²) in [6.45, 7) is 1.48. The molecule has 0 bridgehead atoms. The summed E-state index contributed by atoms with van der Waals surface area (Å²) in [4.78, 5) is 12.1. The number of carbonyl (C=O) groups is 1. The van der Waals surface area contributed by atoms with E-state index in [0.29, 0.717) is 5.56 Å². The van der Waals surface area contributed by atoms with Crippen molar-refractivity contribution in [1.82, 2.24) is 0 Å². The molecule has 0 amide bonds. The summed E-state index contributed by atoms with van der Waals surface area (Å²) in [5, 5.41) is 0. The number of esters is 1. The van der Waals surface area contributed by atoms with E-state index in [9.17, 15) is 22.0 Å². The van der Waals surface area contributed by atoms with Crippen LogP contribution >= 0.6 is 0 Å². The Kier molecular flexibility index (Phi) is 5.33. The van der Waals surface area contributed by atoms with Gasteiger partial charge in [0.1, 0.15) is 17.7 Å². The highest BCUT2D eigenvalue weighted by Crippen LogP contribution is 2.22. The molecule has 24 heavy (non-hydrogen) atoms. The van der Waals surface area contributed by atoms with E-state index in [4.69, 9.17) is 4.74 Å². The summed E-state index contributed by atoms with van der Waals surface area (Å²) in [7, 11) is -3.16. The van der Waals surface area contributed by atoms with E-state index in [0.717, 1.165) is 18.4 Å². The summed E-state index contributed by atoms with van der Waals surface area (Å²) >= 11 is 0. The minimum absolute atomic E-state index is 0.0680. The number of hydrogen-bond donors (Lipinski definition) is 0. The van der Waals surface area contributed by atoms with Crippen LogP contribution in [-0.4, -0.2) is 20.6 Å². The van der Waals surface area contributed by atoms with Crippen LogP contribution in [0.3, 0.4) is 0 Å². The Bertz CT molecular complexity index is 845. The van der Waals surface area contributed by atoms with Gasteiger partial charge in [-0.1, -0.05) is 12.1 Å². The predicted molar refractivity (Wildman–Crippen MR) is 85.2 cm³/mol. The highest BCUT2D eigenvalue weighted by molar-refractivity contribution is 7.89. The molecule has 128 valence electrons. The Morgan fingerprint density at radius 2 is 1.75 bits per heavy atom. The third kappa shape index (κ3) is 4.86. The molecule has 2 aromatic rings. The fourth-order valence-electron chi connectivity index (χ4n) is 2.16. The van der Waals surface area contributed by atoms with Gasteiger partial charge in [0.15, 0.2) is 9.84 Å². The Morgan fingerprint density at radius 1 is 1.12 bits per heavy atom. The second-order valence-electron chi connectivity index (χ2n) is 5.48. The number of ether oxygens (including phenoxy) is 1. The maximum atomic E-state index is 13.7. The van der Waals surface area contributed by atoms with Gasteiger partial charge in [-0.05, 0) is 36.8 Å². The molecule has 0 fully saturated rings. The lowest BCUT2D eigenvalue weighted by Crippen LogP contribution is -2.11. The lowest BCUT2D eigenvalue weighted by molar-refractivity contribution is 0.0331. The van der Waals surface area contributed by atoms with Crippen LogP contribution in [0.25, 0.3) is 0 Å². The van der Waals surface area contributed by atoms with Crippen molar-refractivity contribution in [2.24, 2.45) is 0 Å². The van der Waals surface area contributed by atoms with Crippen LogP contribution in [0, 0.1) is 11.6 Å². The molecular weight excluding hydrogens is 338 g/mol. The average Bonchev–Trinajstić information content (AvgIpc) is 2.45. The summed E-state index contributed by atoms with van der Waals surface area (Å²) in [5.41, 5.74) is 0.826. The molecule has 0 aliphatic heterocycles. The molecule has 0 saturated carbocycles. The molecule has 7 heteroatoms. The molecule has 0 saturated heterocycles. The lowest BCUT2D eigenvalue weighted by Gasteiger charge is -2.14. The molecule has 0 unspecified atom stereocenters. The number of rotatable bonds is 5. The highest BCUT2D eigenvalue weighted by Gasteiger charge is 2.17. The van der Waals surface area contributed by atoms with Crippen LogP contribution in [0.2, 0.25) is 0 Å². The van der Waals surface area contributed by atoms with Crippen molar-refractivity contribution in [2.75, 3.05) is 6.26 Å². The first-order chi connectivity index (χ1) is 11.2. The predicted octanol–water partition coefficient (Wildman–Crippen LogP) is 3.43. The number of carbonyl (C=O) groups excluding carboxylic acids is 1. The lowest BCUT2D eigenvalue weighted by atomic mass is 10.1. The van der Waals surface area contributed by atoms with Gasteiger partial charge in [-0.2, -0.15) is 0 Å². The van der Waals surface area contributed by atoms with Crippen molar-refractivity contribution in [3.63, 3.8) is 0 Å². The van der Waals surface area contributed by atoms with Crippen LogP contribution in [0.4, 0.5) is 8.78 Å². The van der Waals surface area contributed by atoms with Crippen molar-refractivity contribution in [3.8, 4) is 0 Å². The van der Waals surface area contributed by atoms with E-state index in [1.807, 2.05) is 0 Å². The third-order valence-corrected chi connectivity index (χ3v) is 4.16. The SMILES string of the molecule is C[C@@H](OC(=O)c1ccc(CS(C)(=O)=O)cc1)c1ccc(F)cc1F. The van der Waals surface area contributed by atoms with Crippen molar-refractivity contribution in [2.45, 2.75) is 18.8 Å². The second kappa shape index (κ2) is 7.09. The van der Waals surface area contributed by atoms with Gasteiger partial charge in [-0.25, -0.2) is 22.0 Å². The third-order valence-electron chi connectivity index (χ3n) is 3.30. The summed E-state index contributed by atoms with van der Waals surface area (Å²) < 4.78 is 54.2. The monoisotopic (exact) mass is 354 g/mol. The minimum atomic E-state index is -3.16. The maximum Gasteiger partial charge on any atom is 0.338 e. The molecule has 0 spiro atoms. The van der Waals surface area contributed by atoms with Gasteiger partial charge in [0.25, 0.3) is 0 Å². The van der Waals surface area contributed by atoms with Crippen molar-refractivity contribution in [3.05, 3.63) is 70.8 Å². The standard InChI is InChI=1S/C17H16F2O4S/c1-11(15-8-7-14(18)9-16(15)19)23-17(20)13-5-3-12(4-6-13)10-24(2,21)22/h3-9,11H,10H2,1-2H3/t11-/m1/s1. The average molecular weight is 354 g/mol. The summed E-state index contributed by atoms with van der Waals surface area (Å²) in [5.74, 6) is -2.31. The zero-order valence-electron chi connectivity index (χ0n) is 13.1. The highest BCUT2D eigenvalue weighted by atomic mass is 32.2. The fourth-order valence-corrected chi connectivity index (χ4v) is 2.96. The van der Waals surface area contributed by atoms with Crippen LogP contribution < -0.4 is 0 Å². The summed E-state index contributed by atoms with van der Waals surface area (Å²) in [6, 6.07) is 8.94. The van der Waals surface area contributed by atoms with E-state index in [2.05, 4.69) is 0 Å². The van der Waals surface area contributed by atoms with Gasteiger partial charge in [0, 0.05) is 17.9 Å².